The third-order valence-corrected chi connectivity index (χ3v) is 4.90. The van der Waals surface area contributed by atoms with Crippen LogP contribution in [0.25, 0.3) is 16.7 Å². The zero-order chi connectivity index (χ0) is 17.2. The molecule has 0 heteroatoms. The molecule has 2 aliphatic rings. The third kappa shape index (κ3) is 2.57. The molecule has 0 bridgehead atoms. The Hall–Kier alpha value is -2.34. The van der Waals surface area contributed by atoms with Crippen LogP contribution in [-0.4, -0.2) is 0 Å². The van der Waals surface area contributed by atoms with Gasteiger partial charge in [0.05, 0.1) is 0 Å². The van der Waals surface area contributed by atoms with E-state index < -0.39 is 0 Å². The lowest BCUT2D eigenvalue weighted by molar-refractivity contribution is 0.660. The van der Waals surface area contributed by atoms with Crippen molar-refractivity contribution >= 4 is 5.57 Å². The molecule has 24 heavy (non-hydrogen) atoms. The Labute approximate surface area is 146 Å². The fourth-order valence-corrected chi connectivity index (χ4v) is 3.75. The van der Waals surface area contributed by atoms with Crippen molar-refractivity contribution in [1.82, 2.24) is 0 Å². The normalized spacial score (nSPS) is 16.4. The summed E-state index contributed by atoms with van der Waals surface area (Å²) in [5, 5.41) is 0. The highest BCUT2D eigenvalue weighted by Crippen LogP contribution is 2.51. The molecule has 4 rings (SSSR count). The molecule has 0 aromatic heterocycles. The molecule has 0 heterocycles. The van der Waals surface area contributed by atoms with Gasteiger partial charge in [-0.25, -0.2) is 0 Å². The van der Waals surface area contributed by atoms with E-state index in [4.69, 9.17) is 0 Å². The molecule has 0 atom stereocenters. The highest BCUT2D eigenvalue weighted by molar-refractivity contribution is 5.92. The minimum absolute atomic E-state index is 0.0762. The van der Waals surface area contributed by atoms with E-state index >= 15 is 0 Å². The van der Waals surface area contributed by atoms with Crippen LogP contribution in [0.4, 0.5) is 0 Å². The van der Waals surface area contributed by atoms with Gasteiger partial charge in [0.2, 0.25) is 0 Å². The number of allylic oxidation sites excluding steroid dienone is 6. The number of benzene rings is 2. The lowest BCUT2D eigenvalue weighted by atomic mass is 9.82. The Bertz CT molecular complexity index is 829. The van der Waals surface area contributed by atoms with E-state index in [2.05, 4.69) is 86.7 Å². The van der Waals surface area contributed by atoms with Gasteiger partial charge in [0, 0.05) is 5.41 Å². The topological polar surface area (TPSA) is 0 Å². The average Bonchev–Trinajstić information content (AvgIpc) is 2.82. The summed E-state index contributed by atoms with van der Waals surface area (Å²) in [5.74, 6) is 0. The van der Waals surface area contributed by atoms with E-state index in [0.29, 0.717) is 0 Å². The van der Waals surface area contributed by atoms with Gasteiger partial charge in [-0.05, 0) is 39.8 Å². The number of hydrogen-bond acceptors (Lipinski definition) is 0. The Morgan fingerprint density at radius 3 is 2.33 bits per heavy atom. The average molecular weight is 314 g/mol. The van der Waals surface area contributed by atoms with E-state index in [-0.39, 0.29) is 5.41 Å². The first-order chi connectivity index (χ1) is 11.7. The Balaban J connectivity index is 0.000000815. The largest absolute Gasteiger partial charge is 0.0807 e. The lowest BCUT2D eigenvalue weighted by Gasteiger charge is -2.21. The summed E-state index contributed by atoms with van der Waals surface area (Å²) in [6.07, 6.45) is 12.1. The van der Waals surface area contributed by atoms with Crippen LogP contribution in [0, 0.1) is 0 Å². The van der Waals surface area contributed by atoms with Crippen molar-refractivity contribution in [3.63, 3.8) is 0 Å². The van der Waals surface area contributed by atoms with Crippen LogP contribution in [-0.2, 0) is 5.41 Å². The molecule has 122 valence electrons. The smallest absolute Gasteiger partial charge is 0.0159 e. The molecular formula is C24H26. The fraction of sp³-hybridized carbons (Fsp3) is 0.250. The standard InChI is InChI=1S/C22H20.C2H6/c1-22(2)19-14-8-7-12-18(19)21-17(13-9-15-20(21)22)16-10-5-3-4-6-11-16;1-2/h3,5-15H,4H2,1-2H3;1-2H3. The second-order valence-corrected chi connectivity index (χ2v) is 6.59. The van der Waals surface area contributed by atoms with Crippen molar-refractivity contribution in [1.29, 1.82) is 0 Å². The van der Waals surface area contributed by atoms with Crippen molar-refractivity contribution in [3.05, 3.63) is 89.5 Å². The summed E-state index contributed by atoms with van der Waals surface area (Å²) in [7, 11) is 0. The van der Waals surface area contributed by atoms with Gasteiger partial charge in [0.25, 0.3) is 0 Å². The molecule has 0 saturated heterocycles. The van der Waals surface area contributed by atoms with Crippen LogP contribution < -0.4 is 0 Å². The van der Waals surface area contributed by atoms with Crippen LogP contribution in [0.5, 0.6) is 0 Å². The molecule has 0 fully saturated rings. The first kappa shape index (κ1) is 16.5. The lowest BCUT2D eigenvalue weighted by Crippen LogP contribution is -2.14. The number of fused-ring (bicyclic) bond motifs is 3. The van der Waals surface area contributed by atoms with E-state index in [1.165, 1.54) is 33.4 Å². The molecule has 0 amide bonds. The Morgan fingerprint density at radius 2 is 1.50 bits per heavy atom. The van der Waals surface area contributed by atoms with Crippen LogP contribution in [0.2, 0.25) is 0 Å². The van der Waals surface area contributed by atoms with Gasteiger partial charge in [-0.2, -0.15) is 0 Å². The first-order valence-corrected chi connectivity index (χ1v) is 8.97. The van der Waals surface area contributed by atoms with E-state index in [0.717, 1.165) is 6.42 Å². The quantitative estimate of drug-likeness (QED) is 0.536. The molecule has 0 nitrogen and oxygen atoms in total. The predicted molar refractivity (Wildman–Crippen MR) is 106 cm³/mol. The second kappa shape index (κ2) is 6.65. The minimum atomic E-state index is 0.0762. The summed E-state index contributed by atoms with van der Waals surface area (Å²) in [4.78, 5) is 0. The van der Waals surface area contributed by atoms with Gasteiger partial charge in [-0.1, -0.05) is 101 Å². The fourth-order valence-electron chi connectivity index (χ4n) is 3.75. The Morgan fingerprint density at radius 1 is 0.792 bits per heavy atom. The van der Waals surface area contributed by atoms with Gasteiger partial charge in [-0.15, -0.1) is 0 Å². The van der Waals surface area contributed by atoms with E-state index in [1.807, 2.05) is 13.8 Å². The zero-order valence-electron chi connectivity index (χ0n) is 15.1. The van der Waals surface area contributed by atoms with Crippen LogP contribution in [0.3, 0.4) is 0 Å². The molecule has 0 spiro atoms. The van der Waals surface area contributed by atoms with Gasteiger partial charge < -0.3 is 0 Å². The monoisotopic (exact) mass is 314 g/mol. The first-order valence-electron chi connectivity index (χ1n) is 8.97. The molecule has 2 aliphatic carbocycles. The summed E-state index contributed by atoms with van der Waals surface area (Å²) in [5.41, 5.74) is 8.40. The molecule has 0 aliphatic heterocycles. The van der Waals surface area contributed by atoms with E-state index in [1.54, 1.807) is 0 Å². The van der Waals surface area contributed by atoms with E-state index in [9.17, 15) is 0 Å². The highest BCUT2D eigenvalue weighted by Gasteiger charge is 2.36. The third-order valence-electron chi connectivity index (χ3n) is 4.90. The maximum absolute atomic E-state index is 2.33. The number of hydrogen-bond donors (Lipinski definition) is 0. The summed E-state index contributed by atoms with van der Waals surface area (Å²) in [6, 6.07) is 15.6. The van der Waals surface area contributed by atoms with Gasteiger partial charge in [0.1, 0.15) is 0 Å². The molecule has 0 radical (unpaired) electrons. The van der Waals surface area contributed by atoms with Gasteiger partial charge >= 0.3 is 0 Å². The molecule has 2 aromatic carbocycles. The van der Waals surface area contributed by atoms with Gasteiger partial charge in [-0.3, -0.25) is 0 Å². The Kier molecular flexibility index (Phi) is 4.57. The van der Waals surface area contributed by atoms with Gasteiger partial charge in [0.15, 0.2) is 0 Å². The van der Waals surface area contributed by atoms with Crippen molar-refractivity contribution in [2.75, 3.05) is 0 Å². The molecule has 0 saturated carbocycles. The van der Waals surface area contributed by atoms with Crippen molar-refractivity contribution in [2.45, 2.75) is 39.5 Å². The number of rotatable bonds is 1. The maximum Gasteiger partial charge on any atom is 0.0159 e. The van der Waals surface area contributed by atoms with Crippen LogP contribution >= 0.6 is 0 Å². The summed E-state index contributed by atoms with van der Waals surface area (Å²) < 4.78 is 0. The zero-order valence-corrected chi connectivity index (χ0v) is 15.1. The van der Waals surface area contributed by atoms with Crippen molar-refractivity contribution in [2.24, 2.45) is 0 Å². The SMILES string of the molecule is CC.CC1(C)c2ccccc2-c2c(C3=CC=CCC=C3)cccc21. The van der Waals surface area contributed by atoms with Crippen molar-refractivity contribution in [3.8, 4) is 11.1 Å². The molecule has 0 unspecified atom stereocenters. The maximum atomic E-state index is 2.33. The van der Waals surface area contributed by atoms with Crippen LogP contribution in [0.15, 0.2) is 72.8 Å². The molecule has 2 aromatic rings. The summed E-state index contributed by atoms with van der Waals surface area (Å²) >= 11 is 0. The second-order valence-electron chi connectivity index (χ2n) is 6.59. The molecule has 0 N–H and O–H groups in total. The summed E-state index contributed by atoms with van der Waals surface area (Å²) in [6.45, 7) is 8.66. The predicted octanol–water partition coefficient (Wildman–Crippen LogP) is 6.92. The van der Waals surface area contributed by atoms with Crippen molar-refractivity contribution < 1.29 is 0 Å². The minimum Gasteiger partial charge on any atom is -0.0807 e. The molecular weight excluding hydrogens is 288 g/mol. The highest BCUT2D eigenvalue weighted by atomic mass is 14.4. The van der Waals surface area contributed by atoms with Crippen LogP contribution in [0.1, 0.15) is 50.8 Å².